The summed E-state index contributed by atoms with van der Waals surface area (Å²) in [6.45, 7) is 2.83. The number of aromatic nitrogens is 4. The van der Waals surface area contributed by atoms with Crippen molar-refractivity contribution in [1.29, 1.82) is 0 Å². The average Bonchev–Trinajstić information content (AvgIpc) is 3.16. The quantitative estimate of drug-likeness (QED) is 0.864. The van der Waals surface area contributed by atoms with Crippen molar-refractivity contribution in [2.24, 2.45) is 14.1 Å². The van der Waals surface area contributed by atoms with E-state index >= 15 is 0 Å². The maximum atomic E-state index is 12.6. The largest absolute Gasteiger partial charge is 0.336 e. The molecule has 2 aromatic heterocycles. The topological polar surface area (TPSA) is 56.0 Å². The fourth-order valence-corrected chi connectivity index (χ4v) is 3.30. The third kappa shape index (κ3) is 2.77. The van der Waals surface area contributed by atoms with Gasteiger partial charge < -0.3 is 9.47 Å². The first-order valence-electron chi connectivity index (χ1n) is 7.82. The molecule has 1 aliphatic heterocycles. The lowest BCUT2D eigenvalue weighted by atomic mass is 10.1. The van der Waals surface area contributed by atoms with Crippen molar-refractivity contribution >= 4 is 5.91 Å². The molecule has 3 rings (SSSR count). The summed E-state index contributed by atoms with van der Waals surface area (Å²) in [5, 5.41) is 4.15. The van der Waals surface area contributed by atoms with E-state index in [4.69, 9.17) is 0 Å². The van der Waals surface area contributed by atoms with Crippen LogP contribution in [0.25, 0.3) is 0 Å². The van der Waals surface area contributed by atoms with Crippen LogP contribution in [0.3, 0.4) is 0 Å². The predicted octanol–water partition coefficient (Wildman–Crippen LogP) is 1.76. The molecule has 1 unspecified atom stereocenters. The fraction of sp³-hybridized carbons (Fsp3) is 0.562. The van der Waals surface area contributed by atoms with Crippen molar-refractivity contribution in [3.63, 3.8) is 0 Å². The smallest absolute Gasteiger partial charge is 0.223 e. The molecule has 6 nitrogen and oxygen atoms in total. The maximum absolute atomic E-state index is 12.6. The van der Waals surface area contributed by atoms with Crippen molar-refractivity contribution in [3.8, 4) is 0 Å². The highest BCUT2D eigenvalue weighted by Gasteiger charge is 2.32. The van der Waals surface area contributed by atoms with Gasteiger partial charge in [0.1, 0.15) is 5.82 Å². The van der Waals surface area contributed by atoms with E-state index in [2.05, 4.69) is 10.1 Å². The number of amides is 1. The molecule has 0 bridgehead atoms. The zero-order valence-electron chi connectivity index (χ0n) is 13.5. The Hall–Kier alpha value is -2.11. The van der Waals surface area contributed by atoms with E-state index in [1.807, 2.05) is 47.4 Å². The fourth-order valence-electron chi connectivity index (χ4n) is 3.30. The summed E-state index contributed by atoms with van der Waals surface area (Å²) >= 11 is 0. The van der Waals surface area contributed by atoms with Gasteiger partial charge in [-0.2, -0.15) is 5.10 Å². The molecule has 3 heterocycles. The molecule has 118 valence electrons. The SMILES string of the molecule is Cc1cn(C)c(C2CCCN2C(=O)CCc2ccnn2C)n1. The highest BCUT2D eigenvalue weighted by molar-refractivity contribution is 5.77. The van der Waals surface area contributed by atoms with Crippen molar-refractivity contribution in [2.45, 2.75) is 38.6 Å². The van der Waals surface area contributed by atoms with E-state index in [0.717, 1.165) is 43.0 Å². The molecule has 22 heavy (non-hydrogen) atoms. The zero-order chi connectivity index (χ0) is 15.7. The Labute approximate surface area is 130 Å². The Morgan fingerprint density at radius 3 is 2.86 bits per heavy atom. The highest BCUT2D eigenvalue weighted by atomic mass is 16.2. The van der Waals surface area contributed by atoms with Gasteiger partial charge in [0.15, 0.2) is 0 Å². The molecule has 0 aliphatic carbocycles. The number of imidazole rings is 1. The molecule has 1 fully saturated rings. The van der Waals surface area contributed by atoms with Crippen LogP contribution in [0.5, 0.6) is 0 Å². The van der Waals surface area contributed by atoms with E-state index in [9.17, 15) is 4.79 Å². The third-order valence-corrected chi connectivity index (χ3v) is 4.42. The second kappa shape index (κ2) is 5.94. The van der Waals surface area contributed by atoms with E-state index in [0.29, 0.717) is 6.42 Å². The first-order chi connectivity index (χ1) is 10.6. The van der Waals surface area contributed by atoms with Crippen molar-refractivity contribution in [3.05, 3.63) is 35.7 Å². The summed E-state index contributed by atoms with van der Waals surface area (Å²) in [6, 6.07) is 2.09. The number of rotatable bonds is 4. The molecule has 0 spiro atoms. The summed E-state index contributed by atoms with van der Waals surface area (Å²) in [4.78, 5) is 19.2. The van der Waals surface area contributed by atoms with Crippen LogP contribution in [0.2, 0.25) is 0 Å². The first kappa shape index (κ1) is 14.8. The van der Waals surface area contributed by atoms with Gasteiger partial charge in [-0.05, 0) is 32.3 Å². The number of aryl methyl sites for hydroxylation is 4. The van der Waals surface area contributed by atoms with Crippen molar-refractivity contribution < 1.29 is 4.79 Å². The lowest BCUT2D eigenvalue weighted by molar-refractivity contribution is -0.132. The maximum Gasteiger partial charge on any atom is 0.223 e. The molecule has 6 heteroatoms. The monoisotopic (exact) mass is 301 g/mol. The number of carbonyl (C=O) groups is 1. The molecular weight excluding hydrogens is 278 g/mol. The van der Waals surface area contributed by atoms with Crippen molar-refractivity contribution in [2.75, 3.05) is 6.54 Å². The molecule has 0 aromatic carbocycles. The molecule has 0 N–H and O–H groups in total. The van der Waals surface area contributed by atoms with Crippen LogP contribution in [0.4, 0.5) is 0 Å². The van der Waals surface area contributed by atoms with Gasteiger partial charge in [0.2, 0.25) is 5.91 Å². The van der Waals surface area contributed by atoms with Crippen LogP contribution in [0.1, 0.15) is 42.5 Å². The minimum Gasteiger partial charge on any atom is -0.336 e. The molecule has 1 aliphatic rings. The van der Waals surface area contributed by atoms with Crippen LogP contribution in [0.15, 0.2) is 18.5 Å². The second-order valence-corrected chi connectivity index (χ2v) is 6.04. The van der Waals surface area contributed by atoms with Gasteiger partial charge in [-0.15, -0.1) is 0 Å². The minimum atomic E-state index is 0.123. The van der Waals surface area contributed by atoms with Gasteiger partial charge in [-0.25, -0.2) is 4.98 Å². The Kier molecular flexibility index (Phi) is 4.00. The normalized spacial score (nSPS) is 18.1. The number of nitrogens with zero attached hydrogens (tertiary/aromatic N) is 5. The Balaban J connectivity index is 1.69. The summed E-state index contributed by atoms with van der Waals surface area (Å²) in [7, 11) is 3.92. The van der Waals surface area contributed by atoms with Gasteiger partial charge in [0.25, 0.3) is 0 Å². The lowest BCUT2D eigenvalue weighted by Gasteiger charge is -2.24. The van der Waals surface area contributed by atoms with Gasteiger partial charge in [0.05, 0.1) is 11.7 Å². The van der Waals surface area contributed by atoms with Crippen LogP contribution < -0.4 is 0 Å². The second-order valence-electron chi connectivity index (χ2n) is 6.04. The summed E-state index contributed by atoms with van der Waals surface area (Å²) in [6.07, 6.45) is 7.11. The Morgan fingerprint density at radius 2 is 2.23 bits per heavy atom. The molecular formula is C16H23N5O. The summed E-state index contributed by atoms with van der Waals surface area (Å²) < 4.78 is 3.88. The van der Waals surface area contributed by atoms with Crippen LogP contribution in [-0.4, -0.2) is 36.7 Å². The van der Waals surface area contributed by atoms with Crippen LogP contribution in [0, 0.1) is 6.92 Å². The molecule has 1 amide bonds. The van der Waals surface area contributed by atoms with Crippen LogP contribution >= 0.6 is 0 Å². The van der Waals surface area contributed by atoms with Gasteiger partial charge >= 0.3 is 0 Å². The molecule has 1 saturated heterocycles. The Bertz CT molecular complexity index is 672. The Morgan fingerprint density at radius 1 is 1.41 bits per heavy atom. The minimum absolute atomic E-state index is 0.123. The van der Waals surface area contributed by atoms with Gasteiger partial charge in [-0.1, -0.05) is 0 Å². The van der Waals surface area contributed by atoms with Crippen molar-refractivity contribution in [1.82, 2.24) is 24.2 Å². The standard InChI is InChI=1S/C16H23N5O/c1-12-11-19(2)16(18-12)14-5-4-10-21(14)15(22)7-6-13-8-9-17-20(13)3/h8-9,11,14H,4-7,10H2,1-3H3. The number of likely N-dealkylation sites (tertiary alicyclic amines) is 1. The van der Waals surface area contributed by atoms with E-state index in [1.54, 1.807) is 6.20 Å². The summed E-state index contributed by atoms with van der Waals surface area (Å²) in [5.41, 5.74) is 2.10. The van der Waals surface area contributed by atoms with E-state index < -0.39 is 0 Å². The van der Waals surface area contributed by atoms with Gasteiger partial charge in [-0.3, -0.25) is 9.48 Å². The third-order valence-electron chi connectivity index (χ3n) is 4.42. The molecule has 2 aromatic rings. The zero-order valence-corrected chi connectivity index (χ0v) is 13.5. The number of hydrogen-bond donors (Lipinski definition) is 0. The number of carbonyl (C=O) groups excluding carboxylic acids is 1. The lowest BCUT2D eigenvalue weighted by Crippen LogP contribution is -2.32. The first-order valence-corrected chi connectivity index (χ1v) is 7.82. The predicted molar refractivity (Wildman–Crippen MR) is 83.2 cm³/mol. The molecule has 0 saturated carbocycles. The molecule has 0 radical (unpaired) electrons. The molecule has 1 atom stereocenters. The number of hydrogen-bond acceptors (Lipinski definition) is 3. The highest BCUT2D eigenvalue weighted by Crippen LogP contribution is 2.31. The van der Waals surface area contributed by atoms with E-state index in [1.165, 1.54) is 0 Å². The van der Waals surface area contributed by atoms with E-state index in [-0.39, 0.29) is 11.9 Å². The average molecular weight is 301 g/mol. The summed E-state index contributed by atoms with van der Waals surface area (Å²) in [5.74, 6) is 1.22. The van der Waals surface area contributed by atoms with Crippen LogP contribution in [-0.2, 0) is 25.3 Å². The van der Waals surface area contributed by atoms with Gasteiger partial charge in [0, 0.05) is 45.1 Å².